The van der Waals surface area contributed by atoms with Crippen molar-refractivity contribution in [1.29, 1.82) is 0 Å². The molecule has 35 heavy (non-hydrogen) atoms. The summed E-state index contributed by atoms with van der Waals surface area (Å²) in [5.74, 6) is 0. The van der Waals surface area contributed by atoms with Crippen molar-refractivity contribution >= 4 is 34.1 Å². The van der Waals surface area contributed by atoms with Gasteiger partial charge in [-0.2, -0.15) is 0 Å². The Morgan fingerprint density at radius 1 is 0.571 bits per heavy atom. The van der Waals surface area contributed by atoms with Crippen LogP contribution in [0.1, 0.15) is 25.0 Å². The van der Waals surface area contributed by atoms with Gasteiger partial charge in [0.25, 0.3) is 11.4 Å². The maximum Gasteiger partial charge on any atom is 0.271 e. The van der Waals surface area contributed by atoms with Gasteiger partial charge in [0.05, 0.1) is 9.85 Å². The number of nitro benzene ring substituents is 2. The van der Waals surface area contributed by atoms with Crippen LogP contribution < -0.4 is 10.6 Å². The standard InChI is InChI=1S/C27H24N4O4/c1-27(2,19-9-13-21(14-10-19)28-23-5-3-7-25(17-23)30(32)33)20-11-15-22(16-12-20)29-24-6-4-8-26(18-24)31(34)35/h3-18,28-29H,1-2H3. The average Bonchev–Trinajstić information content (AvgIpc) is 2.85. The molecule has 8 heteroatoms. The van der Waals surface area contributed by atoms with E-state index in [2.05, 4.69) is 24.5 Å². The normalized spacial score (nSPS) is 11.0. The molecule has 0 saturated heterocycles. The zero-order valence-electron chi connectivity index (χ0n) is 19.3. The van der Waals surface area contributed by atoms with Crippen molar-refractivity contribution in [2.45, 2.75) is 19.3 Å². The first-order valence-electron chi connectivity index (χ1n) is 11.0. The first-order valence-corrected chi connectivity index (χ1v) is 11.0. The molecule has 4 aromatic rings. The Morgan fingerprint density at radius 2 is 0.943 bits per heavy atom. The fraction of sp³-hybridized carbons (Fsp3) is 0.111. The highest BCUT2D eigenvalue weighted by atomic mass is 16.6. The summed E-state index contributed by atoms with van der Waals surface area (Å²) in [6.07, 6.45) is 0. The Kier molecular flexibility index (Phi) is 6.46. The van der Waals surface area contributed by atoms with Crippen LogP contribution in [0.3, 0.4) is 0 Å². The van der Waals surface area contributed by atoms with E-state index in [-0.39, 0.29) is 16.8 Å². The van der Waals surface area contributed by atoms with Crippen LogP contribution in [0.4, 0.5) is 34.1 Å². The summed E-state index contributed by atoms with van der Waals surface area (Å²) in [7, 11) is 0. The topological polar surface area (TPSA) is 110 Å². The van der Waals surface area contributed by atoms with Crippen LogP contribution in [-0.4, -0.2) is 9.85 Å². The van der Waals surface area contributed by atoms with Crippen LogP contribution in [0.2, 0.25) is 0 Å². The van der Waals surface area contributed by atoms with Gasteiger partial charge in [-0.1, -0.05) is 50.2 Å². The summed E-state index contributed by atoms with van der Waals surface area (Å²) in [6, 6.07) is 28.7. The maximum absolute atomic E-state index is 11.0. The lowest BCUT2D eigenvalue weighted by atomic mass is 9.78. The molecule has 0 aliphatic heterocycles. The fourth-order valence-corrected chi connectivity index (χ4v) is 3.83. The molecule has 0 radical (unpaired) electrons. The van der Waals surface area contributed by atoms with Crippen molar-refractivity contribution in [2.75, 3.05) is 10.6 Å². The summed E-state index contributed by atoms with van der Waals surface area (Å²) in [4.78, 5) is 21.2. The van der Waals surface area contributed by atoms with Crippen molar-refractivity contribution in [3.05, 3.63) is 128 Å². The summed E-state index contributed by atoms with van der Waals surface area (Å²) >= 11 is 0. The van der Waals surface area contributed by atoms with E-state index < -0.39 is 9.85 Å². The van der Waals surface area contributed by atoms with Gasteiger partial charge in [0.15, 0.2) is 0 Å². The molecule has 0 saturated carbocycles. The van der Waals surface area contributed by atoms with E-state index in [9.17, 15) is 20.2 Å². The molecule has 0 unspecified atom stereocenters. The predicted molar refractivity (Wildman–Crippen MR) is 138 cm³/mol. The molecule has 0 heterocycles. The van der Waals surface area contributed by atoms with E-state index in [4.69, 9.17) is 0 Å². The van der Waals surface area contributed by atoms with E-state index in [1.807, 2.05) is 48.5 Å². The second kappa shape index (κ2) is 9.64. The second-order valence-corrected chi connectivity index (χ2v) is 8.64. The number of non-ortho nitro benzene ring substituents is 2. The molecule has 0 spiro atoms. The largest absolute Gasteiger partial charge is 0.355 e. The molecular weight excluding hydrogens is 444 g/mol. The third-order valence-corrected chi connectivity index (χ3v) is 5.90. The lowest BCUT2D eigenvalue weighted by Crippen LogP contribution is -2.18. The molecule has 2 N–H and O–H groups in total. The Hall–Kier alpha value is -4.72. The van der Waals surface area contributed by atoms with Gasteiger partial charge in [0.2, 0.25) is 0 Å². The molecule has 0 aliphatic carbocycles. The highest BCUT2D eigenvalue weighted by molar-refractivity contribution is 5.64. The Labute approximate surface area is 202 Å². The molecular formula is C27H24N4O4. The SMILES string of the molecule is CC(C)(c1ccc(Nc2cccc([N+](=O)[O-])c2)cc1)c1ccc(Nc2cccc([N+](=O)[O-])c2)cc1. The van der Waals surface area contributed by atoms with Gasteiger partial charge in [-0.05, 0) is 47.5 Å². The summed E-state index contributed by atoms with van der Waals surface area (Å²) in [6.45, 7) is 4.28. The minimum atomic E-state index is -0.415. The Bertz CT molecular complexity index is 1260. The zero-order chi connectivity index (χ0) is 25.0. The molecule has 176 valence electrons. The lowest BCUT2D eigenvalue weighted by molar-refractivity contribution is -0.385. The maximum atomic E-state index is 11.0. The smallest absolute Gasteiger partial charge is 0.271 e. The van der Waals surface area contributed by atoms with Crippen LogP contribution in [0.5, 0.6) is 0 Å². The predicted octanol–water partition coefficient (Wildman–Crippen LogP) is 7.32. The van der Waals surface area contributed by atoms with E-state index in [0.717, 1.165) is 22.5 Å². The summed E-state index contributed by atoms with van der Waals surface area (Å²) in [5, 5.41) is 28.4. The number of anilines is 4. The van der Waals surface area contributed by atoms with Gasteiger partial charge in [-0.15, -0.1) is 0 Å². The number of rotatable bonds is 8. The number of hydrogen-bond acceptors (Lipinski definition) is 6. The van der Waals surface area contributed by atoms with Gasteiger partial charge in [-0.25, -0.2) is 0 Å². The van der Waals surface area contributed by atoms with Gasteiger partial charge < -0.3 is 10.6 Å². The highest BCUT2D eigenvalue weighted by Gasteiger charge is 2.23. The lowest BCUT2D eigenvalue weighted by Gasteiger charge is -2.26. The Morgan fingerprint density at radius 3 is 1.29 bits per heavy atom. The van der Waals surface area contributed by atoms with Crippen LogP contribution in [0.15, 0.2) is 97.1 Å². The zero-order valence-corrected chi connectivity index (χ0v) is 19.3. The number of nitrogens with zero attached hydrogens (tertiary/aromatic N) is 2. The van der Waals surface area contributed by atoms with Crippen molar-refractivity contribution in [3.63, 3.8) is 0 Å². The van der Waals surface area contributed by atoms with Crippen LogP contribution in [0.25, 0.3) is 0 Å². The minimum absolute atomic E-state index is 0.0381. The van der Waals surface area contributed by atoms with Crippen molar-refractivity contribution in [2.24, 2.45) is 0 Å². The molecule has 0 aliphatic rings. The third-order valence-electron chi connectivity index (χ3n) is 5.90. The van der Waals surface area contributed by atoms with Crippen molar-refractivity contribution < 1.29 is 9.85 Å². The number of hydrogen-bond donors (Lipinski definition) is 2. The number of benzene rings is 4. The molecule has 4 rings (SSSR count). The summed E-state index contributed by atoms with van der Waals surface area (Å²) < 4.78 is 0. The molecule has 0 fully saturated rings. The highest BCUT2D eigenvalue weighted by Crippen LogP contribution is 2.34. The van der Waals surface area contributed by atoms with Crippen molar-refractivity contribution in [3.8, 4) is 0 Å². The van der Waals surface area contributed by atoms with Gasteiger partial charge in [-0.3, -0.25) is 20.2 Å². The number of nitro groups is 2. The van der Waals surface area contributed by atoms with E-state index in [1.165, 1.54) is 24.3 Å². The third kappa shape index (κ3) is 5.44. The monoisotopic (exact) mass is 468 g/mol. The molecule has 8 nitrogen and oxygen atoms in total. The van der Waals surface area contributed by atoms with Crippen LogP contribution in [-0.2, 0) is 5.41 Å². The minimum Gasteiger partial charge on any atom is -0.355 e. The molecule has 4 aromatic carbocycles. The number of nitrogens with one attached hydrogen (secondary N) is 2. The van der Waals surface area contributed by atoms with Crippen molar-refractivity contribution in [1.82, 2.24) is 0 Å². The van der Waals surface area contributed by atoms with E-state index in [1.54, 1.807) is 24.3 Å². The average molecular weight is 469 g/mol. The molecule has 0 bridgehead atoms. The fourth-order valence-electron chi connectivity index (χ4n) is 3.83. The Balaban J connectivity index is 1.47. The van der Waals surface area contributed by atoms with Crippen LogP contribution >= 0.6 is 0 Å². The van der Waals surface area contributed by atoms with Crippen LogP contribution in [0, 0.1) is 20.2 Å². The molecule has 0 amide bonds. The van der Waals surface area contributed by atoms with Gasteiger partial charge in [0, 0.05) is 52.4 Å². The summed E-state index contributed by atoms with van der Waals surface area (Å²) in [5.41, 5.74) is 5.00. The molecule has 0 aromatic heterocycles. The van der Waals surface area contributed by atoms with Gasteiger partial charge >= 0.3 is 0 Å². The van der Waals surface area contributed by atoms with E-state index >= 15 is 0 Å². The van der Waals surface area contributed by atoms with Gasteiger partial charge in [0.1, 0.15) is 0 Å². The first-order chi connectivity index (χ1) is 16.7. The van der Waals surface area contributed by atoms with E-state index in [0.29, 0.717) is 11.4 Å². The quantitative estimate of drug-likeness (QED) is 0.207. The first kappa shape index (κ1) is 23.4. The molecule has 0 atom stereocenters. The second-order valence-electron chi connectivity index (χ2n) is 8.64.